The standard InChI is InChI=1S/C34H45F4N6O/c1-33(35)12-14-41(15-13-33)20-24-18-28(34(36,37)38)29-22-42(32(45)43(29)21-24)27-11-7-10-26(19-27)30(25-8-6-9-25)31-39-44(23-40(31)2)16-4-3-5-17-44/h7,10-11,18-19,21-22,25,30-31,39H,3-6,8-9,12-17,20,23H2,1-2H3/q+1/t30-,31?/m0/s1. The molecule has 4 fully saturated rings. The molecule has 4 aliphatic rings. The summed E-state index contributed by atoms with van der Waals surface area (Å²) < 4.78 is 60.9. The highest BCUT2D eigenvalue weighted by molar-refractivity contribution is 5.58. The van der Waals surface area contributed by atoms with Crippen molar-refractivity contribution in [1.29, 1.82) is 0 Å². The molecule has 1 unspecified atom stereocenters. The summed E-state index contributed by atoms with van der Waals surface area (Å²) >= 11 is 0. The van der Waals surface area contributed by atoms with Crippen LogP contribution in [0.25, 0.3) is 11.2 Å². The molecule has 2 aromatic heterocycles. The molecule has 2 atom stereocenters. The topological polar surface area (TPSA) is 44.9 Å². The van der Waals surface area contributed by atoms with Crippen LogP contribution in [0.1, 0.15) is 80.9 Å². The van der Waals surface area contributed by atoms with E-state index in [1.54, 1.807) is 6.92 Å². The Hall–Kier alpha value is -2.73. The third-order valence-electron chi connectivity index (χ3n) is 11.0. The molecule has 0 amide bonds. The summed E-state index contributed by atoms with van der Waals surface area (Å²) in [6.07, 6.45) is 6.26. The van der Waals surface area contributed by atoms with Gasteiger partial charge in [-0.2, -0.15) is 13.2 Å². The normalized spacial score (nSPS) is 25.2. The molecule has 1 N–H and O–H groups in total. The number of nitrogens with zero attached hydrogens (tertiary/aromatic N) is 5. The van der Waals surface area contributed by atoms with Gasteiger partial charge in [0.2, 0.25) is 0 Å². The Morgan fingerprint density at radius 1 is 1.04 bits per heavy atom. The molecular weight excluding hydrogens is 584 g/mol. The highest BCUT2D eigenvalue weighted by atomic mass is 19.4. The van der Waals surface area contributed by atoms with E-state index >= 15 is 0 Å². The van der Waals surface area contributed by atoms with Crippen LogP contribution in [0.3, 0.4) is 0 Å². The number of benzene rings is 1. The summed E-state index contributed by atoms with van der Waals surface area (Å²) in [4.78, 5) is 18.2. The first-order valence-electron chi connectivity index (χ1n) is 16.6. The molecular formula is C34H45F4N6O+. The van der Waals surface area contributed by atoms with Gasteiger partial charge in [0.1, 0.15) is 11.8 Å². The number of likely N-dealkylation sites (tertiary alicyclic amines) is 1. The van der Waals surface area contributed by atoms with Gasteiger partial charge in [0.05, 0.1) is 29.9 Å². The number of fused-ring (bicyclic) bond motifs is 1. The number of halogens is 4. The molecule has 11 heteroatoms. The van der Waals surface area contributed by atoms with Gasteiger partial charge < -0.3 is 0 Å². The summed E-state index contributed by atoms with van der Waals surface area (Å²) in [6.45, 7) is 5.94. The van der Waals surface area contributed by atoms with E-state index in [1.165, 1.54) is 42.6 Å². The minimum atomic E-state index is -4.64. The Labute approximate surface area is 262 Å². The Balaban J connectivity index is 1.23. The molecule has 0 radical (unpaired) electrons. The Kier molecular flexibility index (Phi) is 7.90. The molecule has 1 aromatic carbocycles. The Bertz CT molecular complexity index is 1590. The third kappa shape index (κ3) is 5.97. The zero-order valence-corrected chi connectivity index (χ0v) is 26.3. The first kappa shape index (κ1) is 30.9. The zero-order chi connectivity index (χ0) is 31.6. The molecule has 1 saturated carbocycles. The maximum absolute atomic E-state index is 14.4. The van der Waals surface area contributed by atoms with Gasteiger partial charge in [-0.3, -0.25) is 13.9 Å². The predicted octanol–water partition coefficient (Wildman–Crippen LogP) is 6.05. The number of rotatable bonds is 6. The van der Waals surface area contributed by atoms with Crippen LogP contribution in [0, 0.1) is 5.92 Å². The zero-order valence-electron chi connectivity index (χ0n) is 26.3. The largest absolute Gasteiger partial charge is 0.418 e. The lowest BCUT2D eigenvalue weighted by Crippen LogP contribution is -2.58. The first-order valence-corrected chi connectivity index (χ1v) is 16.6. The van der Waals surface area contributed by atoms with Crippen molar-refractivity contribution in [3.8, 4) is 5.69 Å². The van der Waals surface area contributed by atoms with Gasteiger partial charge in [-0.05, 0) is 94.2 Å². The van der Waals surface area contributed by atoms with Crippen LogP contribution in [-0.2, 0) is 12.7 Å². The van der Waals surface area contributed by atoms with Crippen molar-refractivity contribution in [2.75, 3.05) is 39.9 Å². The lowest BCUT2D eigenvalue weighted by molar-refractivity contribution is -0.966. The lowest BCUT2D eigenvalue weighted by atomic mass is 9.71. The van der Waals surface area contributed by atoms with Gasteiger partial charge in [-0.15, -0.1) is 5.43 Å². The number of piperidine rings is 2. The number of pyridine rings is 1. The summed E-state index contributed by atoms with van der Waals surface area (Å²) in [5.41, 5.74) is 3.30. The van der Waals surface area contributed by atoms with E-state index in [-0.39, 0.29) is 24.1 Å². The molecule has 3 aliphatic heterocycles. The smallest absolute Gasteiger partial charge is 0.299 e. The van der Waals surface area contributed by atoms with E-state index in [1.807, 2.05) is 23.1 Å². The number of quaternary nitrogens is 1. The maximum atomic E-state index is 14.4. The number of likely N-dealkylation sites (N-methyl/N-ethyl adjacent to an activating group) is 1. The van der Waals surface area contributed by atoms with Crippen LogP contribution >= 0.6 is 0 Å². The van der Waals surface area contributed by atoms with Gasteiger partial charge in [0.15, 0.2) is 6.67 Å². The Morgan fingerprint density at radius 3 is 2.44 bits per heavy atom. The highest BCUT2D eigenvalue weighted by Crippen LogP contribution is 2.44. The molecule has 0 bridgehead atoms. The molecule has 5 heterocycles. The summed E-state index contributed by atoms with van der Waals surface area (Å²) in [5.74, 6) is 0.723. The number of alkyl halides is 4. The van der Waals surface area contributed by atoms with Gasteiger partial charge in [0.25, 0.3) is 0 Å². The monoisotopic (exact) mass is 629 g/mol. The highest BCUT2D eigenvalue weighted by Gasteiger charge is 2.48. The van der Waals surface area contributed by atoms with E-state index in [2.05, 4.69) is 23.4 Å². The maximum Gasteiger partial charge on any atom is 0.418 e. The van der Waals surface area contributed by atoms with Gasteiger partial charge in [-0.1, -0.05) is 18.6 Å². The van der Waals surface area contributed by atoms with Crippen LogP contribution in [0.2, 0.25) is 0 Å². The second-order valence-corrected chi connectivity index (χ2v) is 14.4. The minimum absolute atomic E-state index is 0.151. The van der Waals surface area contributed by atoms with E-state index in [4.69, 9.17) is 0 Å². The Morgan fingerprint density at radius 2 is 1.78 bits per heavy atom. The molecule has 7 nitrogen and oxygen atoms in total. The van der Waals surface area contributed by atoms with Crippen LogP contribution in [0.4, 0.5) is 17.6 Å². The van der Waals surface area contributed by atoms with E-state index in [0.29, 0.717) is 43.1 Å². The number of hydrogen-bond acceptors (Lipinski definition) is 4. The SMILES string of the molecule is CN1C[N+]2(CCCCC2)NC1[C@H](c1cccc(-n2cc3c(C(F)(F)F)cc(CN4CCC(C)(F)CC4)cn3c2=O)c1)C1CCC1. The molecule has 7 rings (SSSR count). The fourth-order valence-electron chi connectivity index (χ4n) is 8.25. The number of imidazole rings is 1. The summed E-state index contributed by atoms with van der Waals surface area (Å²) in [7, 11) is 2.19. The fraction of sp³-hybridized carbons (Fsp3) is 0.618. The van der Waals surface area contributed by atoms with Gasteiger partial charge >= 0.3 is 11.9 Å². The molecule has 1 spiro atoms. The van der Waals surface area contributed by atoms with E-state index in [0.717, 1.165) is 53.2 Å². The number of hydrogen-bond donors (Lipinski definition) is 1. The lowest BCUT2D eigenvalue weighted by Gasteiger charge is -2.40. The number of aromatic nitrogens is 2. The van der Waals surface area contributed by atoms with Crippen molar-refractivity contribution in [3.05, 3.63) is 69.9 Å². The van der Waals surface area contributed by atoms with Gasteiger partial charge in [0, 0.05) is 37.9 Å². The molecule has 3 saturated heterocycles. The van der Waals surface area contributed by atoms with Crippen molar-refractivity contribution < 1.29 is 22.2 Å². The van der Waals surface area contributed by atoms with Crippen LogP contribution in [-0.4, -0.2) is 75.1 Å². The van der Waals surface area contributed by atoms with Crippen molar-refractivity contribution in [1.82, 2.24) is 24.2 Å². The second-order valence-electron chi connectivity index (χ2n) is 14.4. The van der Waals surface area contributed by atoms with E-state index < -0.39 is 23.1 Å². The van der Waals surface area contributed by atoms with Crippen LogP contribution in [0.15, 0.2) is 47.5 Å². The third-order valence-corrected chi connectivity index (χ3v) is 11.0. The summed E-state index contributed by atoms with van der Waals surface area (Å²) in [6, 6.07) is 9.00. The van der Waals surface area contributed by atoms with Crippen LogP contribution in [0.5, 0.6) is 0 Å². The van der Waals surface area contributed by atoms with Crippen LogP contribution < -0.4 is 11.1 Å². The average molecular weight is 630 g/mol. The molecule has 244 valence electrons. The average Bonchev–Trinajstić information content (AvgIpc) is 3.46. The fourth-order valence-corrected chi connectivity index (χ4v) is 8.25. The summed E-state index contributed by atoms with van der Waals surface area (Å²) in [5, 5.41) is 0. The quantitative estimate of drug-likeness (QED) is 0.267. The molecule has 45 heavy (non-hydrogen) atoms. The van der Waals surface area contributed by atoms with Crippen molar-refractivity contribution >= 4 is 5.52 Å². The van der Waals surface area contributed by atoms with Crippen molar-refractivity contribution in [2.24, 2.45) is 5.92 Å². The van der Waals surface area contributed by atoms with Crippen molar-refractivity contribution in [2.45, 2.75) is 88.8 Å². The first-order chi connectivity index (χ1) is 21.4. The molecule has 1 aliphatic carbocycles. The minimum Gasteiger partial charge on any atom is -0.299 e. The number of nitrogens with one attached hydrogen (secondary N) is 1. The van der Waals surface area contributed by atoms with E-state index in [9.17, 15) is 22.4 Å². The molecule has 3 aromatic rings. The van der Waals surface area contributed by atoms with Gasteiger partial charge in [-0.25, -0.2) is 18.7 Å². The van der Waals surface area contributed by atoms with Crippen molar-refractivity contribution in [3.63, 3.8) is 0 Å². The second kappa shape index (κ2) is 11.5. The predicted molar refractivity (Wildman–Crippen MR) is 166 cm³/mol.